The molecule has 3 rings (SSSR count). The van der Waals surface area contributed by atoms with E-state index in [1.54, 1.807) is 0 Å². The number of rotatable bonds is 5. The highest BCUT2D eigenvalue weighted by molar-refractivity contribution is 7.91. The molecule has 0 aliphatic carbocycles. The first-order valence-electron chi connectivity index (χ1n) is 8.01. The van der Waals surface area contributed by atoms with Crippen LogP contribution in [0.4, 0.5) is 8.78 Å². The molecule has 2 heterocycles. The van der Waals surface area contributed by atoms with E-state index in [0.717, 1.165) is 37.8 Å². The van der Waals surface area contributed by atoms with Crippen molar-refractivity contribution in [1.82, 2.24) is 10.6 Å². The molecule has 1 aromatic carbocycles. The minimum atomic E-state index is -4.59. The van der Waals surface area contributed by atoms with Gasteiger partial charge in [0.25, 0.3) is 0 Å². The predicted molar refractivity (Wildman–Crippen MR) is 91.7 cm³/mol. The van der Waals surface area contributed by atoms with E-state index in [9.17, 15) is 22.0 Å². The lowest BCUT2D eigenvalue weighted by molar-refractivity contribution is -0.121. The van der Waals surface area contributed by atoms with Crippen LogP contribution in [-0.2, 0) is 21.1 Å². The van der Waals surface area contributed by atoms with Gasteiger partial charge >= 0.3 is 5.76 Å². The van der Waals surface area contributed by atoms with E-state index in [0.29, 0.717) is 17.6 Å². The van der Waals surface area contributed by atoms with Gasteiger partial charge in [0.05, 0.1) is 11.3 Å². The van der Waals surface area contributed by atoms with Crippen LogP contribution in [0, 0.1) is 0 Å². The number of nitrogens with one attached hydrogen (secondary N) is 2. The third-order valence-corrected chi connectivity index (χ3v) is 6.09. The predicted octanol–water partition coefficient (Wildman–Crippen LogP) is 2.05. The van der Waals surface area contributed by atoms with Crippen LogP contribution in [0.2, 0.25) is 0 Å². The summed E-state index contributed by atoms with van der Waals surface area (Å²) in [4.78, 5) is 11.7. The number of sulfone groups is 1. The molecule has 1 amide bonds. The fourth-order valence-electron chi connectivity index (χ4n) is 3.54. The van der Waals surface area contributed by atoms with Crippen molar-refractivity contribution in [3.8, 4) is 0 Å². The Morgan fingerprint density at radius 3 is 2.24 bits per heavy atom. The Morgan fingerprint density at radius 2 is 1.72 bits per heavy atom. The summed E-state index contributed by atoms with van der Waals surface area (Å²) in [6.07, 6.45) is 4.25. The molecule has 25 heavy (non-hydrogen) atoms. The molecule has 0 aromatic heterocycles. The van der Waals surface area contributed by atoms with Crippen LogP contribution < -0.4 is 10.6 Å². The molecule has 0 radical (unpaired) electrons. The molecule has 0 spiro atoms. The number of fused-ring (bicyclic) bond motifs is 2. The molecule has 2 aliphatic rings. The Bertz CT molecular complexity index is 701. The zero-order chi connectivity index (χ0) is 17.3. The largest absolute Gasteiger partial charge is 0.353 e. The number of piperidine rings is 1. The molecular formula is C16H21ClF2N2O3S. The summed E-state index contributed by atoms with van der Waals surface area (Å²) in [5, 5.41) is 6.52. The quantitative estimate of drug-likeness (QED) is 0.801. The number of hydrogen-bond acceptors (Lipinski definition) is 4. The van der Waals surface area contributed by atoms with Gasteiger partial charge in [0.2, 0.25) is 15.7 Å². The van der Waals surface area contributed by atoms with Gasteiger partial charge in [-0.25, -0.2) is 8.42 Å². The van der Waals surface area contributed by atoms with Gasteiger partial charge < -0.3 is 10.6 Å². The Labute approximate surface area is 151 Å². The lowest BCUT2D eigenvalue weighted by Gasteiger charge is -2.29. The molecule has 2 aliphatic heterocycles. The average molecular weight is 395 g/mol. The Morgan fingerprint density at radius 1 is 1.16 bits per heavy atom. The van der Waals surface area contributed by atoms with Crippen molar-refractivity contribution < 1.29 is 22.0 Å². The SMILES string of the molecule is Cl.O=C(Cc1ccc(S(=O)(=O)C(F)F)cc1)NC1CC2CCC(C1)N2. The van der Waals surface area contributed by atoms with Crippen molar-refractivity contribution in [2.45, 2.75) is 60.9 Å². The van der Waals surface area contributed by atoms with Gasteiger partial charge in [0.1, 0.15) is 0 Å². The van der Waals surface area contributed by atoms with Gasteiger partial charge in [0.15, 0.2) is 0 Å². The normalized spacial score (nSPS) is 25.5. The topological polar surface area (TPSA) is 75.3 Å². The molecule has 9 heteroatoms. The number of carbonyl (C=O) groups is 1. The number of amides is 1. The molecule has 2 saturated heterocycles. The molecule has 2 atom stereocenters. The minimum Gasteiger partial charge on any atom is -0.353 e. The van der Waals surface area contributed by atoms with Crippen LogP contribution in [0.25, 0.3) is 0 Å². The molecule has 1 aromatic rings. The first-order chi connectivity index (χ1) is 11.3. The molecule has 2 bridgehead atoms. The van der Waals surface area contributed by atoms with Crippen molar-refractivity contribution in [1.29, 1.82) is 0 Å². The summed E-state index contributed by atoms with van der Waals surface area (Å²) in [6, 6.07) is 6.17. The maximum absolute atomic E-state index is 12.5. The number of benzene rings is 1. The van der Waals surface area contributed by atoms with Crippen LogP contribution in [0.15, 0.2) is 29.2 Å². The number of halogens is 3. The van der Waals surface area contributed by atoms with Crippen molar-refractivity contribution in [3.63, 3.8) is 0 Å². The second kappa shape index (κ2) is 7.97. The van der Waals surface area contributed by atoms with Gasteiger partial charge in [-0.2, -0.15) is 8.78 Å². The summed E-state index contributed by atoms with van der Waals surface area (Å²) >= 11 is 0. The zero-order valence-electron chi connectivity index (χ0n) is 13.5. The Balaban J connectivity index is 0.00000225. The van der Waals surface area contributed by atoms with Crippen LogP contribution in [0.5, 0.6) is 0 Å². The minimum absolute atomic E-state index is 0. The Kier molecular flexibility index (Phi) is 6.40. The van der Waals surface area contributed by atoms with Gasteiger partial charge in [-0.15, -0.1) is 12.4 Å². The van der Waals surface area contributed by atoms with Crippen LogP contribution in [0.1, 0.15) is 31.2 Å². The van der Waals surface area contributed by atoms with Crippen molar-refractivity contribution in [2.75, 3.05) is 0 Å². The van der Waals surface area contributed by atoms with Crippen LogP contribution in [-0.4, -0.2) is 38.2 Å². The molecule has 2 unspecified atom stereocenters. The third-order valence-electron chi connectivity index (χ3n) is 4.69. The highest BCUT2D eigenvalue weighted by Gasteiger charge is 2.34. The van der Waals surface area contributed by atoms with Gasteiger partial charge in [-0.3, -0.25) is 4.79 Å². The fraction of sp³-hybridized carbons (Fsp3) is 0.562. The van der Waals surface area contributed by atoms with E-state index in [4.69, 9.17) is 0 Å². The van der Waals surface area contributed by atoms with E-state index in [2.05, 4.69) is 10.6 Å². The third kappa shape index (κ3) is 4.68. The fourth-order valence-corrected chi connectivity index (χ4v) is 4.26. The first-order valence-corrected chi connectivity index (χ1v) is 9.55. The van der Waals surface area contributed by atoms with E-state index in [-0.39, 0.29) is 30.8 Å². The monoisotopic (exact) mass is 394 g/mol. The van der Waals surface area contributed by atoms with Crippen molar-refractivity contribution in [2.24, 2.45) is 0 Å². The smallest absolute Gasteiger partial charge is 0.341 e. The highest BCUT2D eigenvalue weighted by Crippen LogP contribution is 2.26. The second-order valence-corrected chi connectivity index (χ2v) is 8.42. The van der Waals surface area contributed by atoms with Crippen molar-refractivity contribution in [3.05, 3.63) is 29.8 Å². The van der Waals surface area contributed by atoms with E-state index < -0.39 is 20.5 Å². The average Bonchev–Trinajstić information content (AvgIpc) is 2.86. The molecule has 2 fully saturated rings. The van der Waals surface area contributed by atoms with Gasteiger partial charge in [-0.1, -0.05) is 12.1 Å². The molecular weight excluding hydrogens is 374 g/mol. The molecule has 0 saturated carbocycles. The summed E-state index contributed by atoms with van der Waals surface area (Å²) in [6.45, 7) is 0. The summed E-state index contributed by atoms with van der Waals surface area (Å²) < 4.78 is 47.7. The molecule has 5 nitrogen and oxygen atoms in total. The molecule has 140 valence electrons. The number of hydrogen-bond donors (Lipinski definition) is 2. The highest BCUT2D eigenvalue weighted by atomic mass is 35.5. The molecule has 2 N–H and O–H groups in total. The first kappa shape index (κ1) is 20.1. The Hall–Kier alpha value is -1.25. The van der Waals surface area contributed by atoms with Crippen LogP contribution >= 0.6 is 12.4 Å². The summed E-state index contributed by atoms with van der Waals surface area (Å²) in [5.41, 5.74) is 0.595. The summed E-state index contributed by atoms with van der Waals surface area (Å²) in [7, 11) is -4.59. The summed E-state index contributed by atoms with van der Waals surface area (Å²) in [5.74, 6) is -3.58. The van der Waals surface area contributed by atoms with Crippen molar-refractivity contribution >= 4 is 28.2 Å². The maximum atomic E-state index is 12.5. The maximum Gasteiger partial charge on any atom is 0.341 e. The van der Waals surface area contributed by atoms with E-state index in [1.807, 2.05) is 0 Å². The second-order valence-electron chi connectivity index (χ2n) is 6.50. The van der Waals surface area contributed by atoms with Crippen LogP contribution in [0.3, 0.4) is 0 Å². The van der Waals surface area contributed by atoms with Gasteiger partial charge in [-0.05, 0) is 43.4 Å². The number of carbonyl (C=O) groups excluding carboxylic acids is 1. The standard InChI is InChI=1S/C16H20F2N2O3S.ClH/c17-16(18)24(22,23)14-5-1-10(2-6-14)7-15(21)20-13-8-11-3-4-12(9-13)19-11;/h1-2,5-6,11-13,16,19H,3-4,7-9H2,(H,20,21);1H. The lowest BCUT2D eigenvalue weighted by Crippen LogP contribution is -2.48. The lowest BCUT2D eigenvalue weighted by atomic mass is 9.99. The van der Waals surface area contributed by atoms with Gasteiger partial charge in [0, 0.05) is 18.1 Å². The van der Waals surface area contributed by atoms with E-state index >= 15 is 0 Å². The zero-order valence-corrected chi connectivity index (χ0v) is 15.1. The van der Waals surface area contributed by atoms with E-state index in [1.165, 1.54) is 12.1 Å². The number of alkyl halides is 2.